The summed E-state index contributed by atoms with van der Waals surface area (Å²) in [6.07, 6.45) is 0.590. The average molecular weight is 261 g/mol. The third-order valence-corrected chi connectivity index (χ3v) is 2.58. The summed E-state index contributed by atoms with van der Waals surface area (Å²) in [5.74, 6) is -0.228. The molecule has 4 N–H and O–H groups in total. The number of halogens is 2. The highest BCUT2D eigenvalue weighted by Crippen LogP contribution is 2.24. The lowest BCUT2D eigenvalue weighted by Gasteiger charge is -2.13. The zero-order chi connectivity index (χ0) is 10.7. The fraction of sp³-hybridized carbons (Fsp3) is 0.400. The van der Waals surface area contributed by atoms with E-state index in [1.807, 2.05) is 0 Å². The van der Waals surface area contributed by atoms with Gasteiger partial charge in [0.2, 0.25) is 0 Å². The molecule has 0 aliphatic carbocycles. The molecule has 78 valence electrons. The minimum absolute atomic E-state index is 0.228. The van der Waals surface area contributed by atoms with Crippen molar-refractivity contribution in [1.29, 1.82) is 0 Å². The summed E-state index contributed by atoms with van der Waals surface area (Å²) < 4.78 is 14.5. The Hall–Kier alpha value is -0.450. The van der Waals surface area contributed by atoms with Crippen LogP contribution in [-0.2, 0) is 0 Å². The van der Waals surface area contributed by atoms with E-state index < -0.39 is 0 Å². The monoisotopic (exact) mass is 260 g/mol. The summed E-state index contributed by atoms with van der Waals surface area (Å²) in [7, 11) is 0. The van der Waals surface area contributed by atoms with E-state index in [1.54, 1.807) is 19.1 Å². The van der Waals surface area contributed by atoms with Gasteiger partial charge in [0.1, 0.15) is 5.82 Å². The Morgan fingerprint density at radius 1 is 1.50 bits per heavy atom. The molecule has 0 radical (unpaired) electrons. The Balaban J connectivity index is 3.07. The normalized spacial score (nSPS) is 12.9. The molecule has 0 bridgehead atoms. The average Bonchev–Trinajstić information content (AvgIpc) is 2.11. The molecule has 4 heteroatoms. The Bertz CT molecular complexity index is 328. The Morgan fingerprint density at radius 3 is 2.71 bits per heavy atom. The van der Waals surface area contributed by atoms with E-state index in [2.05, 4.69) is 15.9 Å². The van der Waals surface area contributed by atoms with Gasteiger partial charge in [-0.25, -0.2) is 4.39 Å². The van der Waals surface area contributed by atoms with Gasteiger partial charge in [-0.1, -0.05) is 15.9 Å². The molecule has 0 unspecified atom stereocenters. The van der Waals surface area contributed by atoms with Crippen molar-refractivity contribution in [1.82, 2.24) is 0 Å². The molecular formula is C10H14BrFN2. The molecule has 0 saturated heterocycles. The second-order valence-electron chi connectivity index (χ2n) is 3.31. The first-order valence-corrected chi connectivity index (χ1v) is 5.26. The molecule has 0 saturated carbocycles. The molecule has 0 aliphatic rings. The molecule has 1 aromatic carbocycles. The quantitative estimate of drug-likeness (QED) is 0.876. The van der Waals surface area contributed by atoms with Crippen molar-refractivity contribution in [3.63, 3.8) is 0 Å². The van der Waals surface area contributed by atoms with Crippen LogP contribution in [0.5, 0.6) is 0 Å². The Morgan fingerprint density at radius 2 is 2.14 bits per heavy atom. The molecular weight excluding hydrogens is 247 g/mol. The van der Waals surface area contributed by atoms with Crippen LogP contribution in [0.25, 0.3) is 0 Å². The SMILES string of the molecule is Cc1cc(Br)cc([C@@H](N)CCN)c1F. The summed E-state index contributed by atoms with van der Waals surface area (Å²) in [5, 5.41) is 0. The molecule has 0 amide bonds. The highest BCUT2D eigenvalue weighted by Gasteiger charge is 2.13. The van der Waals surface area contributed by atoms with Gasteiger partial charge in [0.25, 0.3) is 0 Å². The molecule has 0 heterocycles. The number of rotatable bonds is 3. The summed E-state index contributed by atoms with van der Waals surface area (Å²) in [4.78, 5) is 0. The van der Waals surface area contributed by atoms with Crippen LogP contribution in [-0.4, -0.2) is 6.54 Å². The molecule has 0 aromatic heterocycles. The summed E-state index contributed by atoms with van der Waals surface area (Å²) in [5.41, 5.74) is 12.3. The van der Waals surface area contributed by atoms with Gasteiger partial charge in [-0.2, -0.15) is 0 Å². The van der Waals surface area contributed by atoms with Gasteiger partial charge in [0.15, 0.2) is 0 Å². The maximum atomic E-state index is 13.6. The van der Waals surface area contributed by atoms with Gasteiger partial charge in [-0.05, 0) is 37.6 Å². The molecule has 1 aromatic rings. The smallest absolute Gasteiger partial charge is 0.130 e. The summed E-state index contributed by atoms with van der Waals surface area (Å²) >= 11 is 3.31. The lowest BCUT2D eigenvalue weighted by Crippen LogP contribution is -2.17. The van der Waals surface area contributed by atoms with Crippen molar-refractivity contribution in [2.45, 2.75) is 19.4 Å². The first kappa shape index (κ1) is 11.6. The molecule has 2 nitrogen and oxygen atoms in total. The van der Waals surface area contributed by atoms with E-state index in [-0.39, 0.29) is 11.9 Å². The number of benzene rings is 1. The Kier molecular flexibility index (Phi) is 4.04. The van der Waals surface area contributed by atoms with Crippen LogP contribution < -0.4 is 11.5 Å². The van der Waals surface area contributed by atoms with E-state index in [9.17, 15) is 4.39 Å². The van der Waals surface area contributed by atoms with Crippen molar-refractivity contribution in [3.05, 3.63) is 33.5 Å². The predicted molar refractivity (Wildman–Crippen MR) is 59.4 cm³/mol. The number of aryl methyl sites for hydroxylation is 1. The largest absolute Gasteiger partial charge is 0.330 e. The topological polar surface area (TPSA) is 52.0 Å². The first-order valence-electron chi connectivity index (χ1n) is 4.47. The minimum Gasteiger partial charge on any atom is -0.330 e. The van der Waals surface area contributed by atoms with Crippen LogP contribution in [0.15, 0.2) is 16.6 Å². The molecule has 1 atom stereocenters. The van der Waals surface area contributed by atoms with Gasteiger partial charge < -0.3 is 11.5 Å². The van der Waals surface area contributed by atoms with Crippen molar-refractivity contribution < 1.29 is 4.39 Å². The van der Waals surface area contributed by atoms with Crippen LogP contribution in [0, 0.1) is 12.7 Å². The molecule has 0 spiro atoms. The highest BCUT2D eigenvalue weighted by atomic mass is 79.9. The molecule has 1 rings (SSSR count). The fourth-order valence-electron chi connectivity index (χ4n) is 1.36. The van der Waals surface area contributed by atoms with Crippen molar-refractivity contribution >= 4 is 15.9 Å². The second-order valence-corrected chi connectivity index (χ2v) is 4.23. The van der Waals surface area contributed by atoms with Gasteiger partial charge in [0.05, 0.1) is 0 Å². The van der Waals surface area contributed by atoms with Crippen molar-refractivity contribution in [2.24, 2.45) is 11.5 Å². The van der Waals surface area contributed by atoms with Crippen LogP contribution in [0.1, 0.15) is 23.6 Å². The minimum atomic E-state index is -0.323. The molecule has 14 heavy (non-hydrogen) atoms. The van der Waals surface area contributed by atoms with E-state index in [1.165, 1.54) is 0 Å². The van der Waals surface area contributed by atoms with E-state index in [4.69, 9.17) is 11.5 Å². The lowest BCUT2D eigenvalue weighted by molar-refractivity contribution is 0.560. The predicted octanol–water partition coefficient (Wildman–Crippen LogP) is 2.25. The van der Waals surface area contributed by atoms with Crippen LogP contribution >= 0.6 is 15.9 Å². The van der Waals surface area contributed by atoms with Crippen LogP contribution in [0.2, 0.25) is 0 Å². The van der Waals surface area contributed by atoms with Gasteiger partial charge in [0, 0.05) is 16.1 Å². The highest BCUT2D eigenvalue weighted by molar-refractivity contribution is 9.10. The first-order chi connectivity index (χ1) is 6.56. The number of hydrogen-bond donors (Lipinski definition) is 2. The van der Waals surface area contributed by atoms with Crippen molar-refractivity contribution in [2.75, 3.05) is 6.54 Å². The standard InChI is InChI=1S/C10H14BrFN2/c1-6-4-7(11)5-8(10(6)12)9(14)2-3-13/h4-5,9H,2-3,13-14H2,1H3/t9-/m0/s1. The molecule has 0 aliphatic heterocycles. The summed E-state index contributed by atoms with van der Waals surface area (Å²) in [6, 6.07) is 3.12. The van der Waals surface area contributed by atoms with Crippen LogP contribution in [0.4, 0.5) is 4.39 Å². The third kappa shape index (κ3) is 2.53. The van der Waals surface area contributed by atoms with E-state index in [0.717, 1.165) is 4.47 Å². The zero-order valence-electron chi connectivity index (χ0n) is 8.06. The van der Waals surface area contributed by atoms with E-state index >= 15 is 0 Å². The van der Waals surface area contributed by atoms with Gasteiger partial charge >= 0.3 is 0 Å². The second kappa shape index (κ2) is 4.87. The van der Waals surface area contributed by atoms with Gasteiger partial charge in [-0.15, -0.1) is 0 Å². The maximum absolute atomic E-state index is 13.6. The van der Waals surface area contributed by atoms with Gasteiger partial charge in [-0.3, -0.25) is 0 Å². The Labute approximate surface area is 91.6 Å². The summed E-state index contributed by atoms with van der Waals surface area (Å²) in [6.45, 7) is 2.19. The van der Waals surface area contributed by atoms with Crippen molar-refractivity contribution in [3.8, 4) is 0 Å². The lowest BCUT2D eigenvalue weighted by atomic mass is 10.0. The third-order valence-electron chi connectivity index (χ3n) is 2.12. The van der Waals surface area contributed by atoms with E-state index in [0.29, 0.717) is 24.1 Å². The van der Waals surface area contributed by atoms with Crippen LogP contribution in [0.3, 0.4) is 0 Å². The molecule has 0 fully saturated rings. The number of hydrogen-bond acceptors (Lipinski definition) is 2. The number of nitrogens with two attached hydrogens (primary N) is 2. The zero-order valence-corrected chi connectivity index (χ0v) is 9.64. The maximum Gasteiger partial charge on any atom is 0.130 e. The fourth-order valence-corrected chi connectivity index (χ4v) is 1.95.